The molecule has 6 heteroatoms. The van der Waals surface area contributed by atoms with Gasteiger partial charge in [0.2, 0.25) is 11.9 Å². The van der Waals surface area contributed by atoms with Crippen molar-refractivity contribution in [2.45, 2.75) is 12.2 Å². The van der Waals surface area contributed by atoms with Crippen LogP contribution in [-0.4, -0.2) is 27.1 Å². The van der Waals surface area contributed by atoms with Crippen molar-refractivity contribution in [1.29, 1.82) is 0 Å². The molecule has 1 aromatic heterocycles. The molecule has 0 amide bonds. The van der Waals surface area contributed by atoms with Gasteiger partial charge < -0.3 is 10.2 Å². The van der Waals surface area contributed by atoms with E-state index in [1.807, 2.05) is 0 Å². The lowest BCUT2D eigenvalue weighted by molar-refractivity contribution is 0.0332. The van der Waals surface area contributed by atoms with Gasteiger partial charge in [-0.25, -0.2) is 0 Å². The highest BCUT2D eigenvalue weighted by atomic mass is 32.1. The first-order valence-corrected chi connectivity index (χ1v) is 4.48. The number of pyridine rings is 1. The summed E-state index contributed by atoms with van der Waals surface area (Å²) in [4.78, 5) is 2.86. The molecule has 0 bridgehead atoms. The highest BCUT2D eigenvalue weighted by Crippen LogP contribution is 2.18. The van der Waals surface area contributed by atoms with Gasteiger partial charge in [-0.3, -0.25) is 0 Å². The zero-order valence-electron chi connectivity index (χ0n) is 7.06. The summed E-state index contributed by atoms with van der Waals surface area (Å²) < 4.78 is 25.2. The molecule has 0 radical (unpaired) electrons. The summed E-state index contributed by atoms with van der Waals surface area (Å²) in [6, 6.07) is 1.72. The Balaban J connectivity index is 2.94. The van der Waals surface area contributed by atoms with Crippen molar-refractivity contribution in [2.24, 2.45) is 0 Å². The van der Waals surface area contributed by atoms with Crippen LogP contribution < -0.4 is 0 Å². The van der Waals surface area contributed by atoms with E-state index in [4.69, 9.17) is 5.11 Å². The molecule has 2 atom stereocenters. The molecule has 2 unspecified atom stereocenters. The Bertz CT molecular complexity index is 304. The highest BCUT2D eigenvalue weighted by Gasteiger charge is 2.18. The number of nitrogens with zero attached hydrogens (tertiary/aromatic N) is 1. The van der Waals surface area contributed by atoms with E-state index in [1.165, 1.54) is 0 Å². The first-order valence-electron chi connectivity index (χ1n) is 3.84. The van der Waals surface area contributed by atoms with Crippen LogP contribution in [0.25, 0.3) is 0 Å². The van der Waals surface area contributed by atoms with E-state index in [1.54, 1.807) is 0 Å². The van der Waals surface area contributed by atoms with Crippen molar-refractivity contribution in [1.82, 2.24) is 4.98 Å². The maximum Gasteiger partial charge on any atom is 0.215 e. The standard InChI is InChI=1S/C8H9F2NO2S/c9-6-1-4(2-7(10)11-6)8(13)5(12)3-14/h1-2,5,8,12-14H,3H2. The molecule has 0 aliphatic heterocycles. The fourth-order valence-corrected chi connectivity index (χ4v) is 1.18. The number of aliphatic hydroxyl groups is 2. The highest BCUT2D eigenvalue weighted by molar-refractivity contribution is 7.80. The van der Waals surface area contributed by atoms with Crippen LogP contribution in [0.1, 0.15) is 11.7 Å². The number of aromatic nitrogens is 1. The van der Waals surface area contributed by atoms with E-state index in [9.17, 15) is 13.9 Å². The van der Waals surface area contributed by atoms with Crippen molar-refractivity contribution >= 4 is 12.6 Å². The van der Waals surface area contributed by atoms with Crippen LogP contribution in [-0.2, 0) is 0 Å². The van der Waals surface area contributed by atoms with Crippen LogP contribution in [0.2, 0.25) is 0 Å². The van der Waals surface area contributed by atoms with Crippen molar-refractivity contribution in [3.05, 3.63) is 29.6 Å². The van der Waals surface area contributed by atoms with Gasteiger partial charge in [0, 0.05) is 5.75 Å². The molecule has 1 rings (SSSR count). The van der Waals surface area contributed by atoms with Gasteiger partial charge in [-0.15, -0.1) is 0 Å². The average molecular weight is 221 g/mol. The molecule has 0 saturated heterocycles. The van der Waals surface area contributed by atoms with Gasteiger partial charge >= 0.3 is 0 Å². The maximum absolute atomic E-state index is 12.6. The largest absolute Gasteiger partial charge is 0.389 e. The summed E-state index contributed by atoms with van der Waals surface area (Å²) >= 11 is 3.74. The van der Waals surface area contributed by atoms with Crippen molar-refractivity contribution in [3.63, 3.8) is 0 Å². The quantitative estimate of drug-likeness (QED) is 0.520. The number of hydrogen-bond donors (Lipinski definition) is 3. The topological polar surface area (TPSA) is 53.4 Å². The van der Waals surface area contributed by atoms with Crippen LogP contribution in [0.15, 0.2) is 12.1 Å². The summed E-state index contributed by atoms with van der Waals surface area (Å²) in [5.74, 6) is -2.08. The molecule has 14 heavy (non-hydrogen) atoms. The number of aliphatic hydroxyl groups excluding tert-OH is 2. The molecule has 0 spiro atoms. The summed E-state index contributed by atoms with van der Waals surface area (Å²) in [7, 11) is 0. The predicted octanol–water partition coefficient (Wildman–Crippen LogP) is 0.684. The Hall–Kier alpha value is -0.720. The second kappa shape index (κ2) is 4.68. The molecule has 1 aromatic rings. The van der Waals surface area contributed by atoms with E-state index in [2.05, 4.69) is 17.6 Å². The first-order chi connectivity index (χ1) is 6.54. The Morgan fingerprint density at radius 2 is 1.79 bits per heavy atom. The third-order valence-electron chi connectivity index (χ3n) is 1.68. The molecule has 78 valence electrons. The van der Waals surface area contributed by atoms with Gasteiger partial charge in [-0.2, -0.15) is 26.4 Å². The second-order valence-electron chi connectivity index (χ2n) is 2.74. The SMILES string of the molecule is OC(CS)C(O)c1cc(F)nc(F)c1. The van der Waals surface area contributed by atoms with E-state index in [0.717, 1.165) is 12.1 Å². The monoisotopic (exact) mass is 221 g/mol. The van der Waals surface area contributed by atoms with Crippen LogP contribution >= 0.6 is 12.6 Å². The van der Waals surface area contributed by atoms with Crippen LogP contribution in [0.5, 0.6) is 0 Å². The van der Waals surface area contributed by atoms with Gasteiger partial charge in [0.1, 0.15) is 6.10 Å². The van der Waals surface area contributed by atoms with E-state index in [0.29, 0.717) is 0 Å². The fraction of sp³-hybridized carbons (Fsp3) is 0.375. The van der Waals surface area contributed by atoms with Gasteiger partial charge in [0.05, 0.1) is 6.10 Å². The predicted molar refractivity (Wildman–Crippen MR) is 49.0 cm³/mol. The molecule has 0 fully saturated rings. The zero-order chi connectivity index (χ0) is 10.7. The van der Waals surface area contributed by atoms with E-state index < -0.39 is 24.1 Å². The third-order valence-corrected chi connectivity index (χ3v) is 2.05. The summed E-state index contributed by atoms with van der Waals surface area (Å²) in [5.41, 5.74) is -0.0587. The number of hydrogen-bond acceptors (Lipinski definition) is 4. The van der Waals surface area contributed by atoms with Crippen LogP contribution in [0, 0.1) is 11.9 Å². The minimum Gasteiger partial charge on any atom is -0.389 e. The Morgan fingerprint density at radius 1 is 1.29 bits per heavy atom. The lowest BCUT2D eigenvalue weighted by atomic mass is 10.1. The van der Waals surface area contributed by atoms with Crippen LogP contribution in [0.4, 0.5) is 8.78 Å². The Morgan fingerprint density at radius 3 is 2.21 bits per heavy atom. The molecule has 0 aromatic carbocycles. The number of halogens is 2. The summed E-state index contributed by atoms with van der Waals surface area (Å²) in [5, 5.41) is 18.5. The lowest BCUT2D eigenvalue weighted by Gasteiger charge is -2.15. The Kier molecular flexibility index (Phi) is 3.79. The van der Waals surface area contributed by atoms with Gasteiger partial charge in [-0.05, 0) is 17.7 Å². The van der Waals surface area contributed by atoms with E-state index in [-0.39, 0.29) is 11.3 Å². The Labute approximate surface area is 84.8 Å². The smallest absolute Gasteiger partial charge is 0.215 e. The van der Waals surface area contributed by atoms with Gasteiger partial charge in [0.25, 0.3) is 0 Å². The molecule has 0 saturated carbocycles. The zero-order valence-corrected chi connectivity index (χ0v) is 7.96. The minimum atomic E-state index is -1.36. The normalized spacial score (nSPS) is 15.2. The average Bonchev–Trinajstić information content (AvgIpc) is 2.14. The molecule has 3 nitrogen and oxygen atoms in total. The van der Waals surface area contributed by atoms with Gasteiger partial charge in [-0.1, -0.05) is 0 Å². The van der Waals surface area contributed by atoms with Crippen molar-refractivity contribution < 1.29 is 19.0 Å². The fourth-order valence-electron chi connectivity index (χ4n) is 0.976. The first kappa shape index (κ1) is 11.4. The summed E-state index contributed by atoms with van der Waals surface area (Å²) in [6.07, 6.45) is -2.53. The van der Waals surface area contributed by atoms with Crippen molar-refractivity contribution in [3.8, 4) is 0 Å². The molecular weight excluding hydrogens is 212 g/mol. The molecule has 0 aliphatic carbocycles. The second-order valence-corrected chi connectivity index (χ2v) is 3.11. The van der Waals surface area contributed by atoms with Crippen LogP contribution in [0.3, 0.4) is 0 Å². The van der Waals surface area contributed by atoms with Crippen molar-refractivity contribution in [2.75, 3.05) is 5.75 Å². The minimum absolute atomic E-state index is 0.00721. The summed E-state index contributed by atoms with van der Waals surface area (Å²) in [6.45, 7) is 0. The molecule has 2 N–H and O–H groups in total. The number of thiol groups is 1. The third kappa shape index (κ3) is 2.63. The molecule has 1 heterocycles. The van der Waals surface area contributed by atoms with Gasteiger partial charge in [0.15, 0.2) is 0 Å². The van der Waals surface area contributed by atoms with E-state index >= 15 is 0 Å². The lowest BCUT2D eigenvalue weighted by Crippen LogP contribution is -2.20. The molecule has 0 aliphatic rings. The maximum atomic E-state index is 12.6. The molecular formula is C8H9F2NO2S. The number of rotatable bonds is 3.